The molecular weight excluding hydrogens is 194 g/mol. The van der Waals surface area contributed by atoms with Crippen molar-refractivity contribution >= 4 is 12.2 Å². The molecule has 0 bridgehead atoms. The summed E-state index contributed by atoms with van der Waals surface area (Å²) in [5.74, 6) is 1.13. The lowest BCUT2D eigenvalue weighted by atomic mass is 10.2. The molecule has 1 fully saturated rings. The van der Waals surface area contributed by atoms with Crippen LogP contribution in [0.15, 0.2) is 16.5 Å². The maximum absolute atomic E-state index is 11.5. The summed E-state index contributed by atoms with van der Waals surface area (Å²) in [5, 5.41) is 0. The predicted molar refractivity (Wildman–Crippen MR) is 53.3 cm³/mol. The lowest BCUT2D eigenvalue weighted by Gasteiger charge is -2.19. The Labute approximate surface area is 87.9 Å². The van der Waals surface area contributed by atoms with Crippen molar-refractivity contribution in [2.75, 3.05) is 0 Å². The zero-order valence-corrected chi connectivity index (χ0v) is 8.60. The number of amides is 1. The molecule has 0 radical (unpaired) electrons. The summed E-state index contributed by atoms with van der Waals surface area (Å²) in [5.41, 5.74) is 0. The molecule has 80 valence electrons. The van der Waals surface area contributed by atoms with E-state index in [-0.39, 0.29) is 11.9 Å². The second-order valence-corrected chi connectivity index (χ2v) is 3.83. The number of aldehydes is 1. The molecule has 2 rings (SSSR count). The minimum Gasteiger partial charge on any atom is -0.456 e. The van der Waals surface area contributed by atoms with E-state index in [9.17, 15) is 9.59 Å². The topological polar surface area (TPSA) is 50.5 Å². The number of furan rings is 1. The third kappa shape index (κ3) is 1.93. The molecular formula is C11H13NO3. The van der Waals surface area contributed by atoms with Gasteiger partial charge >= 0.3 is 0 Å². The third-order valence-corrected chi connectivity index (χ3v) is 2.75. The lowest BCUT2D eigenvalue weighted by Crippen LogP contribution is -2.30. The van der Waals surface area contributed by atoms with Gasteiger partial charge in [0, 0.05) is 12.5 Å². The van der Waals surface area contributed by atoms with E-state index < -0.39 is 0 Å². The van der Waals surface area contributed by atoms with E-state index in [0.29, 0.717) is 30.8 Å². The fraction of sp³-hybridized carbons (Fsp3) is 0.455. The first-order valence-corrected chi connectivity index (χ1v) is 5.04. The molecule has 1 saturated heterocycles. The maximum atomic E-state index is 11.5. The van der Waals surface area contributed by atoms with Crippen molar-refractivity contribution in [1.29, 1.82) is 0 Å². The van der Waals surface area contributed by atoms with E-state index in [1.165, 1.54) is 0 Å². The quantitative estimate of drug-likeness (QED) is 0.707. The van der Waals surface area contributed by atoms with Gasteiger partial charge in [-0.3, -0.25) is 9.59 Å². The van der Waals surface area contributed by atoms with Crippen LogP contribution in [0.5, 0.6) is 0 Å². The van der Waals surface area contributed by atoms with Crippen LogP contribution in [0.3, 0.4) is 0 Å². The zero-order valence-electron chi connectivity index (χ0n) is 8.60. The van der Waals surface area contributed by atoms with Crippen LogP contribution in [0.2, 0.25) is 0 Å². The van der Waals surface area contributed by atoms with Crippen LogP contribution in [-0.2, 0) is 11.3 Å². The summed E-state index contributed by atoms with van der Waals surface area (Å²) in [4.78, 5) is 23.7. The van der Waals surface area contributed by atoms with Gasteiger partial charge in [-0.1, -0.05) is 0 Å². The Kier molecular flexibility index (Phi) is 2.58. The van der Waals surface area contributed by atoms with E-state index in [1.807, 2.05) is 6.92 Å². The first kappa shape index (κ1) is 9.96. The van der Waals surface area contributed by atoms with Gasteiger partial charge in [0.25, 0.3) is 0 Å². The van der Waals surface area contributed by atoms with Crippen LogP contribution in [0.4, 0.5) is 0 Å². The summed E-state index contributed by atoms with van der Waals surface area (Å²) in [6.07, 6.45) is 2.18. The Morgan fingerprint density at radius 1 is 1.60 bits per heavy atom. The summed E-state index contributed by atoms with van der Waals surface area (Å²) in [7, 11) is 0. The van der Waals surface area contributed by atoms with Crippen molar-refractivity contribution in [3.63, 3.8) is 0 Å². The Morgan fingerprint density at radius 3 is 2.93 bits per heavy atom. The van der Waals surface area contributed by atoms with Crippen molar-refractivity contribution < 1.29 is 14.0 Å². The fourth-order valence-electron chi connectivity index (χ4n) is 1.83. The lowest BCUT2D eigenvalue weighted by molar-refractivity contribution is -0.129. The largest absolute Gasteiger partial charge is 0.456 e. The molecule has 4 nitrogen and oxygen atoms in total. The first-order valence-electron chi connectivity index (χ1n) is 5.04. The van der Waals surface area contributed by atoms with Crippen molar-refractivity contribution in [2.24, 2.45) is 0 Å². The van der Waals surface area contributed by atoms with Gasteiger partial charge in [0.05, 0.1) is 6.54 Å². The van der Waals surface area contributed by atoms with Gasteiger partial charge in [-0.2, -0.15) is 0 Å². The van der Waals surface area contributed by atoms with Crippen LogP contribution < -0.4 is 0 Å². The smallest absolute Gasteiger partial charge is 0.223 e. The highest BCUT2D eigenvalue weighted by Gasteiger charge is 2.27. The minimum atomic E-state index is 0.159. The second kappa shape index (κ2) is 3.88. The number of rotatable bonds is 3. The van der Waals surface area contributed by atoms with E-state index in [0.717, 1.165) is 6.42 Å². The molecule has 0 saturated carbocycles. The first-order chi connectivity index (χ1) is 7.20. The number of hydrogen-bond donors (Lipinski definition) is 0. The number of carbonyl (C=O) groups excluding carboxylic acids is 2. The number of carbonyl (C=O) groups is 2. The fourth-order valence-corrected chi connectivity index (χ4v) is 1.83. The summed E-state index contributed by atoms with van der Waals surface area (Å²) in [6.45, 7) is 2.49. The number of nitrogens with zero attached hydrogens (tertiary/aromatic N) is 1. The average molecular weight is 207 g/mol. The molecule has 1 aromatic rings. The van der Waals surface area contributed by atoms with Crippen molar-refractivity contribution in [3.8, 4) is 0 Å². The van der Waals surface area contributed by atoms with Gasteiger partial charge in [-0.05, 0) is 25.5 Å². The molecule has 1 atom stereocenters. The molecule has 2 heterocycles. The SMILES string of the molecule is CC1CCC(=O)N1Cc1ccc(C=O)o1. The van der Waals surface area contributed by atoms with Crippen LogP contribution in [-0.4, -0.2) is 23.1 Å². The maximum Gasteiger partial charge on any atom is 0.223 e. The average Bonchev–Trinajstić information content (AvgIpc) is 2.80. The van der Waals surface area contributed by atoms with E-state index in [1.54, 1.807) is 17.0 Å². The van der Waals surface area contributed by atoms with Crippen LogP contribution in [0.25, 0.3) is 0 Å². The molecule has 15 heavy (non-hydrogen) atoms. The van der Waals surface area contributed by atoms with Gasteiger partial charge < -0.3 is 9.32 Å². The van der Waals surface area contributed by atoms with Gasteiger partial charge in [0.2, 0.25) is 5.91 Å². The third-order valence-electron chi connectivity index (χ3n) is 2.75. The molecule has 0 spiro atoms. The molecule has 0 aromatic carbocycles. The molecule has 1 aliphatic heterocycles. The van der Waals surface area contributed by atoms with Crippen LogP contribution >= 0.6 is 0 Å². The molecule has 1 unspecified atom stereocenters. The van der Waals surface area contributed by atoms with Crippen LogP contribution in [0.1, 0.15) is 36.1 Å². The normalized spacial score (nSPS) is 21.0. The Balaban J connectivity index is 2.07. The highest BCUT2D eigenvalue weighted by molar-refractivity contribution is 5.78. The van der Waals surface area contributed by atoms with Gasteiger partial charge in [0.15, 0.2) is 12.0 Å². The second-order valence-electron chi connectivity index (χ2n) is 3.83. The molecule has 4 heteroatoms. The van der Waals surface area contributed by atoms with E-state index in [4.69, 9.17) is 4.42 Å². The Hall–Kier alpha value is -1.58. The van der Waals surface area contributed by atoms with E-state index >= 15 is 0 Å². The molecule has 1 aliphatic rings. The van der Waals surface area contributed by atoms with Gasteiger partial charge in [-0.25, -0.2) is 0 Å². The van der Waals surface area contributed by atoms with Crippen molar-refractivity contribution in [3.05, 3.63) is 23.7 Å². The Morgan fingerprint density at radius 2 is 2.40 bits per heavy atom. The van der Waals surface area contributed by atoms with Gasteiger partial charge in [-0.15, -0.1) is 0 Å². The molecule has 1 aromatic heterocycles. The summed E-state index contributed by atoms with van der Waals surface area (Å²) >= 11 is 0. The monoisotopic (exact) mass is 207 g/mol. The van der Waals surface area contributed by atoms with Crippen LogP contribution in [0, 0.1) is 0 Å². The predicted octanol–water partition coefficient (Wildman–Crippen LogP) is 1.60. The summed E-state index contributed by atoms with van der Waals surface area (Å²) in [6, 6.07) is 3.62. The number of likely N-dealkylation sites (tertiary alicyclic amines) is 1. The van der Waals surface area contributed by atoms with Crippen molar-refractivity contribution in [1.82, 2.24) is 4.90 Å². The zero-order chi connectivity index (χ0) is 10.8. The highest BCUT2D eigenvalue weighted by atomic mass is 16.3. The number of hydrogen-bond acceptors (Lipinski definition) is 3. The summed E-state index contributed by atoms with van der Waals surface area (Å²) < 4.78 is 5.23. The molecule has 0 aliphatic carbocycles. The molecule has 1 amide bonds. The van der Waals surface area contributed by atoms with E-state index in [2.05, 4.69) is 0 Å². The molecule has 0 N–H and O–H groups in total. The highest BCUT2D eigenvalue weighted by Crippen LogP contribution is 2.21. The van der Waals surface area contributed by atoms with Crippen molar-refractivity contribution in [2.45, 2.75) is 32.4 Å². The Bertz CT molecular complexity index is 383. The minimum absolute atomic E-state index is 0.159. The standard InChI is InChI=1S/C11H13NO3/c1-8-2-5-11(14)12(8)6-9-3-4-10(7-13)15-9/h3-4,7-8H,2,5-6H2,1H3. The van der Waals surface area contributed by atoms with Gasteiger partial charge in [0.1, 0.15) is 5.76 Å².